The second-order valence-corrected chi connectivity index (χ2v) is 11.6. The minimum atomic E-state index is -0.635. The number of nitrogens with two attached hydrogens (primary N) is 2. The van der Waals surface area contributed by atoms with Gasteiger partial charge in [0.05, 0.1) is 18.1 Å². The van der Waals surface area contributed by atoms with Crippen LogP contribution >= 0.6 is 23.5 Å². The van der Waals surface area contributed by atoms with Gasteiger partial charge in [-0.25, -0.2) is 0 Å². The highest BCUT2D eigenvalue weighted by Crippen LogP contribution is 2.12. The average molecular weight is 463 g/mol. The lowest BCUT2D eigenvalue weighted by molar-refractivity contribution is -0.130. The SMILES string of the molecule is CC(C)SC[C@@H](N)C(=O)N[C@@H](CCCCNC(=O)[C@@H](N)CSC(C)C)C(=O)C(C)C. The van der Waals surface area contributed by atoms with E-state index in [1.54, 1.807) is 23.5 Å². The highest BCUT2D eigenvalue weighted by Gasteiger charge is 2.25. The maximum atomic E-state index is 12.5. The molecule has 0 rings (SSSR count). The zero-order chi connectivity index (χ0) is 23.3. The van der Waals surface area contributed by atoms with Gasteiger partial charge in [-0.05, 0) is 29.8 Å². The first-order valence-corrected chi connectivity index (χ1v) is 12.9. The van der Waals surface area contributed by atoms with Crippen LogP contribution in [0.15, 0.2) is 0 Å². The summed E-state index contributed by atoms with van der Waals surface area (Å²) in [5, 5.41) is 6.51. The minimum Gasteiger partial charge on any atom is -0.355 e. The monoisotopic (exact) mass is 462 g/mol. The van der Waals surface area contributed by atoms with Crippen molar-refractivity contribution in [3.05, 3.63) is 0 Å². The van der Waals surface area contributed by atoms with Crippen molar-refractivity contribution in [1.29, 1.82) is 0 Å². The predicted molar refractivity (Wildman–Crippen MR) is 130 cm³/mol. The molecule has 6 N–H and O–H groups in total. The summed E-state index contributed by atoms with van der Waals surface area (Å²) in [6.07, 6.45) is 1.94. The molecule has 0 aromatic heterocycles. The molecule has 0 radical (unpaired) electrons. The van der Waals surface area contributed by atoms with E-state index < -0.39 is 18.1 Å². The van der Waals surface area contributed by atoms with Gasteiger partial charge in [0.25, 0.3) is 0 Å². The number of rotatable bonds is 16. The zero-order valence-corrected chi connectivity index (χ0v) is 21.0. The van der Waals surface area contributed by atoms with Crippen molar-refractivity contribution in [2.75, 3.05) is 18.1 Å². The summed E-state index contributed by atoms with van der Waals surface area (Å²) in [5.41, 5.74) is 11.9. The van der Waals surface area contributed by atoms with E-state index in [0.29, 0.717) is 47.8 Å². The summed E-state index contributed by atoms with van der Waals surface area (Å²) in [6, 6.07) is -1.70. The average Bonchev–Trinajstić information content (AvgIpc) is 2.67. The molecule has 0 aromatic rings. The number of thioether (sulfide) groups is 2. The molecule has 0 saturated heterocycles. The Kier molecular flexibility index (Phi) is 15.5. The van der Waals surface area contributed by atoms with Gasteiger partial charge in [0.1, 0.15) is 0 Å². The van der Waals surface area contributed by atoms with Crippen LogP contribution in [0.4, 0.5) is 0 Å². The summed E-state index contributed by atoms with van der Waals surface area (Å²) in [4.78, 5) is 36.9. The molecular formula is C21H42N4O3S2. The number of amides is 2. The van der Waals surface area contributed by atoms with E-state index in [-0.39, 0.29) is 23.5 Å². The third kappa shape index (κ3) is 13.5. The third-order valence-electron chi connectivity index (χ3n) is 4.34. The Balaban J connectivity index is 4.43. The molecular weight excluding hydrogens is 420 g/mol. The molecule has 0 aliphatic rings. The second-order valence-electron chi connectivity index (χ2n) is 8.38. The Hall–Kier alpha value is -0.770. The summed E-state index contributed by atoms with van der Waals surface area (Å²) < 4.78 is 0. The van der Waals surface area contributed by atoms with E-state index in [0.717, 1.165) is 0 Å². The van der Waals surface area contributed by atoms with Crippen molar-refractivity contribution in [3.63, 3.8) is 0 Å². The predicted octanol–water partition coefficient (Wildman–Crippen LogP) is 1.92. The summed E-state index contributed by atoms with van der Waals surface area (Å²) in [6.45, 7) is 12.4. The van der Waals surface area contributed by atoms with Crippen LogP contribution in [0.1, 0.15) is 60.8 Å². The van der Waals surface area contributed by atoms with Gasteiger partial charge >= 0.3 is 0 Å². The molecule has 3 atom stereocenters. The van der Waals surface area contributed by atoms with E-state index in [1.807, 2.05) is 13.8 Å². The van der Waals surface area contributed by atoms with E-state index in [1.165, 1.54) is 0 Å². The molecule has 30 heavy (non-hydrogen) atoms. The van der Waals surface area contributed by atoms with Gasteiger partial charge in [0, 0.05) is 24.0 Å². The van der Waals surface area contributed by atoms with Gasteiger partial charge in [-0.3, -0.25) is 14.4 Å². The second kappa shape index (κ2) is 15.9. The number of hydrogen-bond donors (Lipinski definition) is 4. The Morgan fingerprint density at radius 1 is 0.800 bits per heavy atom. The van der Waals surface area contributed by atoms with Crippen molar-refractivity contribution in [1.82, 2.24) is 10.6 Å². The van der Waals surface area contributed by atoms with Crippen molar-refractivity contribution < 1.29 is 14.4 Å². The fraction of sp³-hybridized carbons (Fsp3) is 0.857. The van der Waals surface area contributed by atoms with Crippen molar-refractivity contribution in [3.8, 4) is 0 Å². The standard InChI is InChI=1S/C21H42N4O3S2/c1-13(2)19(26)18(25-21(28)17(23)12-30-15(5)6)9-7-8-10-24-20(27)16(22)11-29-14(3)4/h13-18H,7-12,22-23H2,1-6H3,(H,24,27)(H,25,28)/t16-,17+,18-/m0/s1. The first-order valence-electron chi connectivity index (χ1n) is 10.8. The maximum Gasteiger partial charge on any atom is 0.238 e. The number of nitrogens with one attached hydrogen (secondary N) is 2. The van der Waals surface area contributed by atoms with E-state index >= 15 is 0 Å². The molecule has 0 aliphatic heterocycles. The molecule has 0 fully saturated rings. The quantitative estimate of drug-likeness (QED) is 0.258. The Bertz CT molecular complexity index is 530. The molecule has 0 aromatic carbocycles. The van der Waals surface area contributed by atoms with Crippen LogP contribution in [0.5, 0.6) is 0 Å². The van der Waals surface area contributed by atoms with E-state index in [4.69, 9.17) is 11.5 Å². The summed E-state index contributed by atoms with van der Waals surface area (Å²) in [5.74, 6) is 0.504. The van der Waals surface area contributed by atoms with Gasteiger partial charge < -0.3 is 22.1 Å². The van der Waals surface area contributed by atoms with Gasteiger partial charge in [-0.1, -0.05) is 41.5 Å². The van der Waals surface area contributed by atoms with Crippen LogP contribution in [-0.2, 0) is 14.4 Å². The van der Waals surface area contributed by atoms with Crippen molar-refractivity contribution in [2.24, 2.45) is 17.4 Å². The number of carbonyl (C=O) groups excluding carboxylic acids is 3. The molecule has 0 saturated carbocycles. The normalized spacial score (nSPS) is 14.6. The van der Waals surface area contributed by atoms with Crippen molar-refractivity contribution in [2.45, 2.75) is 89.4 Å². The lowest BCUT2D eigenvalue weighted by Gasteiger charge is -2.22. The molecule has 7 nitrogen and oxygen atoms in total. The fourth-order valence-electron chi connectivity index (χ4n) is 2.53. The molecule has 0 bridgehead atoms. The number of carbonyl (C=O) groups is 3. The topological polar surface area (TPSA) is 127 Å². The highest BCUT2D eigenvalue weighted by molar-refractivity contribution is 8.00. The summed E-state index contributed by atoms with van der Waals surface area (Å²) >= 11 is 3.28. The largest absolute Gasteiger partial charge is 0.355 e. The van der Waals surface area contributed by atoms with Crippen LogP contribution in [-0.4, -0.2) is 64.3 Å². The van der Waals surface area contributed by atoms with Crippen LogP contribution in [0.2, 0.25) is 0 Å². The smallest absolute Gasteiger partial charge is 0.238 e. The number of unbranched alkanes of at least 4 members (excludes halogenated alkanes) is 1. The number of ketones is 1. The van der Waals surface area contributed by atoms with Crippen molar-refractivity contribution >= 4 is 41.1 Å². The Morgan fingerprint density at radius 3 is 1.77 bits per heavy atom. The fourth-order valence-corrected chi connectivity index (χ4v) is 4.01. The molecule has 176 valence electrons. The maximum absolute atomic E-state index is 12.5. The van der Waals surface area contributed by atoms with Gasteiger partial charge in [0.15, 0.2) is 5.78 Å². The first kappa shape index (κ1) is 29.2. The lowest BCUT2D eigenvalue weighted by atomic mass is 9.97. The minimum absolute atomic E-state index is 0.00355. The molecule has 9 heteroatoms. The number of Topliss-reactive ketones (excluding diaryl/α,β-unsaturated/α-hetero) is 1. The highest BCUT2D eigenvalue weighted by atomic mass is 32.2. The van der Waals surface area contributed by atoms with Gasteiger partial charge in [-0.15, -0.1) is 0 Å². The third-order valence-corrected chi connectivity index (χ3v) is 6.78. The van der Waals surface area contributed by atoms with Crippen LogP contribution < -0.4 is 22.1 Å². The summed E-state index contributed by atoms with van der Waals surface area (Å²) in [7, 11) is 0. The molecule has 0 heterocycles. The Labute approximate surface area is 191 Å². The van der Waals surface area contributed by atoms with Gasteiger partial charge in [0.2, 0.25) is 11.8 Å². The molecule has 0 unspecified atom stereocenters. The van der Waals surface area contributed by atoms with E-state index in [2.05, 4.69) is 38.3 Å². The molecule has 0 spiro atoms. The van der Waals surface area contributed by atoms with Crippen LogP contribution in [0.25, 0.3) is 0 Å². The van der Waals surface area contributed by atoms with Gasteiger partial charge in [-0.2, -0.15) is 23.5 Å². The molecule has 0 aliphatic carbocycles. The molecule has 2 amide bonds. The first-order chi connectivity index (χ1) is 14.0. The number of hydrogen-bond acceptors (Lipinski definition) is 7. The van der Waals surface area contributed by atoms with Crippen LogP contribution in [0.3, 0.4) is 0 Å². The van der Waals surface area contributed by atoms with E-state index in [9.17, 15) is 14.4 Å². The van der Waals surface area contributed by atoms with Crippen LogP contribution in [0, 0.1) is 5.92 Å². The Morgan fingerprint density at radius 2 is 1.30 bits per heavy atom. The lowest BCUT2D eigenvalue weighted by Crippen LogP contribution is -2.50. The zero-order valence-electron chi connectivity index (χ0n) is 19.4.